The first-order chi connectivity index (χ1) is 6.29. The summed E-state index contributed by atoms with van der Waals surface area (Å²) in [6.45, 7) is 0. The highest BCUT2D eigenvalue weighted by atomic mass is 35.5. The maximum absolute atomic E-state index is 10.8. The van der Waals surface area contributed by atoms with Gasteiger partial charge in [-0.25, -0.2) is 0 Å². The van der Waals surface area contributed by atoms with Gasteiger partial charge in [0.15, 0.2) is 5.95 Å². The third kappa shape index (κ3) is 1.33. The van der Waals surface area contributed by atoms with Gasteiger partial charge in [0.1, 0.15) is 6.20 Å². The Morgan fingerprint density at radius 1 is 1.54 bits per heavy atom. The summed E-state index contributed by atoms with van der Waals surface area (Å²) in [5.74, 6) is -0.662. The molecule has 0 aliphatic rings. The quantitative estimate of drug-likeness (QED) is 0.607. The first kappa shape index (κ1) is 8.00. The van der Waals surface area contributed by atoms with Crippen LogP contribution in [0.3, 0.4) is 0 Å². The van der Waals surface area contributed by atoms with E-state index in [0.717, 1.165) is 0 Å². The van der Waals surface area contributed by atoms with Crippen LogP contribution in [0.1, 0.15) is 0 Å². The normalized spacial score (nSPS) is 10.2. The van der Waals surface area contributed by atoms with Crippen molar-refractivity contribution >= 4 is 11.6 Å². The highest BCUT2D eigenvalue weighted by Gasteiger charge is 2.17. The van der Waals surface area contributed by atoms with Gasteiger partial charge in [-0.2, -0.15) is 0 Å². The number of aromatic nitrogens is 3. The van der Waals surface area contributed by atoms with Gasteiger partial charge < -0.3 is 9.63 Å². The molecular formula is C7H4ClN3O2. The summed E-state index contributed by atoms with van der Waals surface area (Å²) in [5, 5.41) is 14.2. The second-order valence-corrected chi connectivity index (χ2v) is 2.63. The van der Waals surface area contributed by atoms with Gasteiger partial charge in [0.2, 0.25) is 0 Å². The number of rotatable bonds is 1. The van der Waals surface area contributed by atoms with Crippen LogP contribution in [-0.2, 0) is 0 Å². The summed E-state index contributed by atoms with van der Waals surface area (Å²) in [7, 11) is 0. The summed E-state index contributed by atoms with van der Waals surface area (Å²) in [5.41, 5.74) is 0.582. The third-order valence-electron chi connectivity index (χ3n) is 1.45. The number of hydrogen-bond donors (Lipinski definition) is 0. The van der Waals surface area contributed by atoms with E-state index >= 15 is 0 Å². The molecule has 2 aromatic heterocycles. The van der Waals surface area contributed by atoms with E-state index in [1.165, 1.54) is 10.9 Å². The Morgan fingerprint density at radius 3 is 2.92 bits per heavy atom. The van der Waals surface area contributed by atoms with E-state index in [1.807, 2.05) is 0 Å². The SMILES string of the molecule is [O-]c1on[n+](-c2cccnc2)c1Cl. The van der Waals surface area contributed by atoms with Crippen LogP contribution in [0.15, 0.2) is 29.0 Å². The molecule has 0 fully saturated rings. The molecule has 0 radical (unpaired) electrons. The molecule has 0 N–H and O–H groups in total. The minimum atomic E-state index is -0.662. The van der Waals surface area contributed by atoms with Gasteiger partial charge in [0, 0.05) is 12.3 Å². The molecule has 66 valence electrons. The number of halogens is 1. The van der Waals surface area contributed by atoms with Crippen molar-refractivity contribution in [2.45, 2.75) is 0 Å². The van der Waals surface area contributed by atoms with Crippen molar-refractivity contribution in [2.75, 3.05) is 0 Å². The van der Waals surface area contributed by atoms with Crippen LogP contribution in [0.25, 0.3) is 5.69 Å². The second-order valence-electron chi connectivity index (χ2n) is 2.27. The van der Waals surface area contributed by atoms with Gasteiger partial charge in [0.25, 0.3) is 5.69 Å². The van der Waals surface area contributed by atoms with Crippen LogP contribution in [-0.4, -0.2) is 10.3 Å². The van der Waals surface area contributed by atoms with Gasteiger partial charge in [-0.1, -0.05) is 0 Å². The van der Waals surface area contributed by atoms with Gasteiger partial charge in [-0.05, 0) is 22.3 Å². The summed E-state index contributed by atoms with van der Waals surface area (Å²) in [6, 6.07) is 3.42. The molecule has 0 aliphatic carbocycles. The molecule has 0 saturated heterocycles. The van der Waals surface area contributed by atoms with E-state index in [2.05, 4.69) is 14.8 Å². The zero-order chi connectivity index (χ0) is 9.26. The van der Waals surface area contributed by atoms with Crippen LogP contribution in [0, 0.1) is 0 Å². The average molecular weight is 198 g/mol. The minimum Gasteiger partial charge on any atom is -0.538 e. The van der Waals surface area contributed by atoms with Gasteiger partial charge in [-0.3, -0.25) is 4.98 Å². The standard InChI is InChI=1S/C7H4ClN3O2/c8-6-7(12)13-10-11(6)5-2-1-3-9-4-5/h1-4H. The van der Waals surface area contributed by atoms with Crippen LogP contribution >= 0.6 is 11.6 Å². The zero-order valence-electron chi connectivity index (χ0n) is 6.35. The molecular weight excluding hydrogens is 194 g/mol. The van der Waals surface area contributed by atoms with E-state index in [0.29, 0.717) is 5.69 Å². The Morgan fingerprint density at radius 2 is 2.38 bits per heavy atom. The molecule has 0 unspecified atom stereocenters. The lowest BCUT2D eigenvalue weighted by molar-refractivity contribution is -0.668. The van der Waals surface area contributed by atoms with Crippen LogP contribution in [0.2, 0.25) is 5.15 Å². The summed E-state index contributed by atoms with van der Waals surface area (Å²) < 4.78 is 5.52. The summed E-state index contributed by atoms with van der Waals surface area (Å²) in [4.78, 5) is 3.85. The average Bonchev–Trinajstić information content (AvgIpc) is 2.49. The predicted molar refractivity (Wildman–Crippen MR) is 40.3 cm³/mol. The van der Waals surface area contributed by atoms with Gasteiger partial charge in [0.05, 0.1) is 5.27 Å². The van der Waals surface area contributed by atoms with Crippen molar-refractivity contribution in [3.63, 3.8) is 0 Å². The third-order valence-corrected chi connectivity index (χ3v) is 1.76. The van der Waals surface area contributed by atoms with E-state index in [-0.39, 0.29) is 5.15 Å². The molecule has 0 atom stereocenters. The lowest BCUT2D eigenvalue weighted by Gasteiger charge is -1.87. The minimum absolute atomic E-state index is 0.0898. The Kier molecular flexibility index (Phi) is 1.86. The number of nitrogens with zero attached hydrogens (tertiary/aromatic N) is 3. The Labute approximate surface area is 78.2 Å². The first-order valence-corrected chi connectivity index (χ1v) is 3.82. The summed E-state index contributed by atoms with van der Waals surface area (Å²) >= 11 is 5.61. The molecule has 0 aromatic carbocycles. The fraction of sp³-hybridized carbons (Fsp3) is 0. The topological polar surface area (TPSA) is 65.9 Å². The van der Waals surface area contributed by atoms with Crippen molar-refractivity contribution in [3.05, 3.63) is 29.7 Å². The van der Waals surface area contributed by atoms with Crippen molar-refractivity contribution in [1.29, 1.82) is 0 Å². The second kappa shape index (κ2) is 3.02. The molecule has 0 saturated carbocycles. The monoisotopic (exact) mass is 197 g/mol. The molecule has 2 heterocycles. The Hall–Kier alpha value is -1.62. The molecule has 0 bridgehead atoms. The smallest absolute Gasteiger partial charge is 0.332 e. The fourth-order valence-electron chi connectivity index (χ4n) is 0.877. The van der Waals surface area contributed by atoms with Crippen molar-refractivity contribution < 1.29 is 14.3 Å². The maximum Gasteiger partial charge on any atom is 0.332 e. The van der Waals surface area contributed by atoms with Gasteiger partial charge >= 0.3 is 5.15 Å². The lowest BCUT2D eigenvalue weighted by Crippen LogP contribution is -2.33. The molecule has 2 aromatic rings. The molecule has 13 heavy (non-hydrogen) atoms. The highest BCUT2D eigenvalue weighted by Crippen LogP contribution is 2.14. The molecule has 0 spiro atoms. The molecule has 0 amide bonds. The Balaban J connectivity index is 2.53. The van der Waals surface area contributed by atoms with E-state index < -0.39 is 5.95 Å². The Bertz CT molecular complexity index is 415. The predicted octanol–water partition coefficient (Wildman–Crippen LogP) is 0.0733. The number of pyridine rings is 1. The van der Waals surface area contributed by atoms with Crippen LogP contribution in [0.5, 0.6) is 5.95 Å². The van der Waals surface area contributed by atoms with E-state index in [1.54, 1.807) is 18.3 Å². The van der Waals surface area contributed by atoms with E-state index in [9.17, 15) is 5.11 Å². The zero-order valence-corrected chi connectivity index (χ0v) is 7.10. The fourth-order valence-corrected chi connectivity index (χ4v) is 1.04. The molecule has 5 nitrogen and oxygen atoms in total. The maximum atomic E-state index is 10.8. The first-order valence-electron chi connectivity index (χ1n) is 3.44. The molecule has 0 aliphatic heterocycles. The van der Waals surface area contributed by atoms with Crippen molar-refractivity contribution in [3.8, 4) is 11.6 Å². The van der Waals surface area contributed by atoms with E-state index in [4.69, 9.17) is 11.6 Å². The highest BCUT2D eigenvalue weighted by molar-refractivity contribution is 6.29. The van der Waals surface area contributed by atoms with Crippen LogP contribution < -0.4 is 9.79 Å². The van der Waals surface area contributed by atoms with Crippen molar-refractivity contribution in [1.82, 2.24) is 10.3 Å². The van der Waals surface area contributed by atoms with Gasteiger partial charge in [-0.15, -0.1) is 0 Å². The summed E-state index contributed by atoms with van der Waals surface area (Å²) in [6.07, 6.45) is 3.13. The molecule has 2 rings (SSSR count). The molecule has 6 heteroatoms. The van der Waals surface area contributed by atoms with Crippen LogP contribution in [0.4, 0.5) is 0 Å². The van der Waals surface area contributed by atoms with Crippen molar-refractivity contribution in [2.24, 2.45) is 0 Å². The lowest BCUT2D eigenvalue weighted by atomic mass is 10.4. The number of hydrogen-bond acceptors (Lipinski definition) is 4. The largest absolute Gasteiger partial charge is 0.538 e.